The van der Waals surface area contributed by atoms with Gasteiger partial charge in [-0.05, 0) is 25.1 Å². The van der Waals surface area contributed by atoms with E-state index in [-0.39, 0.29) is 0 Å². The summed E-state index contributed by atoms with van der Waals surface area (Å²) in [6, 6.07) is 3.16. The number of benzene rings is 1. The molecule has 1 aromatic carbocycles. The van der Waals surface area contributed by atoms with Crippen LogP contribution in [0.5, 0.6) is 5.75 Å². The van der Waals surface area contributed by atoms with Crippen LogP contribution in [0, 0.1) is 0 Å². The smallest absolute Gasteiger partial charge is 0.248 e. The van der Waals surface area contributed by atoms with E-state index in [1.807, 2.05) is 0 Å². The quantitative estimate of drug-likeness (QED) is 0.501. The van der Waals surface area contributed by atoms with Crippen molar-refractivity contribution in [1.29, 1.82) is 0 Å². The SMILES string of the molecule is COc1cc(C(N)=O)cc(N)c1NCCCN1CCOCC1. The number of ether oxygens (including phenoxy) is 2. The topological polar surface area (TPSA) is 103 Å². The van der Waals surface area contributed by atoms with Crippen molar-refractivity contribution in [2.45, 2.75) is 6.42 Å². The average Bonchev–Trinajstić information content (AvgIpc) is 2.53. The van der Waals surface area contributed by atoms with Gasteiger partial charge in [0.1, 0.15) is 11.4 Å². The van der Waals surface area contributed by atoms with Crippen LogP contribution >= 0.6 is 0 Å². The van der Waals surface area contributed by atoms with Gasteiger partial charge in [-0.2, -0.15) is 0 Å². The van der Waals surface area contributed by atoms with Crippen LogP contribution in [0.3, 0.4) is 0 Å². The fourth-order valence-corrected chi connectivity index (χ4v) is 2.47. The van der Waals surface area contributed by atoms with Crippen LogP contribution < -0.4 is 21.5 Å². The summed E-state index contributed by atoms with van der Waals surface area (Å²) in [6.07, 6.45) is 0.986. The molecule has 0 radical (unpaired) electrons. The minimum absolute atomic E-state index is 0.341. The molecule has 122 valence electrons. The van der Waals surface area contributed by atoms with Crippen molar-refractivity contribution in [1.82, 2.24) is 4.90 Å². The van der Waals surface area contributed by atoms with Gasteiger partial charge in [-0.25, -0.2) is 0 Å². The fraction of sp³-hybridized carbons (Fsp3) is 0.533. The summed E-state index contributed by atoms with van der Waals surface area (Å²) >= 11 is 0. The first kappa shape index (κ1) is 16.4. The number of carbonyl (C=O) groups is 1. The Kier molecular flexibility index (Phi) is 5.85. The number of primary amides is 1. The molecule has 1 saturated heterocycles. The molecule has 1 aromatic rings. The molecule has 1 heterocycles. The largest absolute Gasteiger partial charge is 0.494 e. The number of nitrogens with two attached hydrogens (primary N) is 2. The predicted octanol–water partition coefficient (Wildman–Crippen LogP) is 0.510. The van der Waals surface area contributed by atoms with E-state index < -0.39 is 5.91 Å². The molecule has 1 fully saturated rings. The molecule has 0 atom stereocenters. The second kappa shape index (κ2) is 7.86. The van der Waals surface area contributed by atoms with Crippen LogP contribution in [0.1, 0.15) is 16.8 Å². The van der Waals surface area contributed by atoms with E-state index in [1.165, 1.54) is 0 Å². The van der Waals surface area contributed by atoms with E-state index in [9.17, 15) is 4.79 Å². The first-order valence-corrected chi connectivity index (χ1v) is 7.43. The minimum atomic E-state index is -0.524. The molecule has 0 unspecified atom stereocenters. The molecule has 0 aliphatic carbocycles. The number of hydrogen-bond donors (Lipinski definition) is 3. The minimum Gasteiger partial charge on any atom is -0.494 e. The maximum absolute atomic E-state index is 11.2. The van der Waals surface area contributed by atoms with E-state index in [4.69, 9.17) is 20.9 Å². The first-order valence-electron chi connectivity index (χ1n) is 7.43. The molecule has 7 nitrogen and oxygen atoms in total. The van der Waals surface area contributed by atoms with Crippen LogP contribution in [0.25, 0.3) is 0 Å². The monoisotopic (exact) mass is 308 g/mol. The second-order valence-electron chi connectivity index (χ2n) is 5.24. The van der Waals surface area contributed by atoms with Gasteiger partial charge in [-0.1, -0.05) is 0 Å². The molecule has 0 saturated carbocycles. The van der Waals surface area contributed by atoms with Crippen LogP contribution in [-0.2, 0) is 4.74 Å². The highest BCUT2D eigenvalue weighted by atomic mass is 16.5. The van der Waals surface area contributed by atoms with E-state index in [2.05, 4.69) is 10.2 Å². The van der Waals surface area contributed by atoms with Gasteiger partial charge in [0.2, 0.25) is 5.91 Å². The molecule has 0 aromatic heterocycles. The Hall–Kier alpha value is -1.99. The van der Waals surface area contributed by atoms with Crippen molar-refractivity contribution in [3.8, 4) is 5.75 Å². The standard InChI is InChI=1S/C15H24N4O3/c1-21-13-10-11(15(17)20)9-12(16)14(13)18-3-2-4-19-5-7-22-8-6-19/h9-10,18H,2-8,16H2,1H3,(H2,17,20). The zero-order chi connectivity index (χ0) is 15.9. The number of anilines is 2. The van der Waals surface area contributed by atoms with Gasteiger partial charge in [0, 0.05) is 25.2 Å². The number of amides is 1. The zero-order valence-corrected chi connectivity index (χ0v) is 12.9. The summed E-state index contributed by atoms with van der Waals surface area (Å²) < 4.78 is 10.6. The highest BCUT2D eigenvalue weighted by Gasteiger charge is 2.13. The van der Waals surface area contributed by atoms with Crippen LogP contribution in [0.15, 0.2) is 12.1 Å². The van der Waals surface area contributed by atoms with Gasteiger partial charge in [0.05, 0.1) is 26.0 Å². The number of nitrogens with zero attached hydrogens (tertiary/aromatic N) is 1. The fourth-order valence-electron chi connectivity index (χ4n) is 2.47. The lowest BCUT2D eigenvalue weighted by Gasteiger charge is -2.26. The van der Waals surface area contributed by atoms with E-state index >= 15 is 0 Å². The number of nitrogens with one attached hydrogen (secondary N) is 1. The Morgan fingerprint density at radius 3 is 2.77 bits per heavy atom. The van der Waals surface area contributed by atoms with Gasteiger partial charge in [0.25, 0.3) is 0 Å². The van der Waals surface area contributed by atoms with Crippen LogP contribution in [0.2, 0.25) is 0 Å². The van der Waals surface area contributed by atoms with Gasteiger partial charge in [-0.3, -0.25) is 9.69 Å². The van der Waals surface area contributed by atoms with Gasteiger partial charge >= 0.3 is 0 Å². The molecule has 1 aliphatic heterocycles. The highest BCUT2D eigenvalue weighted by molar-refractivity contribution is 5.96. The third-order valence-corrected chi connectivity index (χ3v) is 3.69. The lowest BCUT2D eigenvalue weighted by atomic mass is 10.1. The predicted molar refractivity (Wildman–Crippen MR) is 86.3 cm³/mol. The molecular formula is C15H24N4O3. The van der Waals surface area contributed by atoms with Crippen molar-refractivity contribution in [2.75, 3.05) is 57.6 Å². The maximum atomic E-state index is 11.2. The van der Waals surface area contributed by atoms with Crippen molar-refractivity contribution in [2.24, 2.45) is 5.73 Å². The molecule has 5 N–H and O–H groups in total. The van der Waals surface area contributed by atoms with Gasteiger partial charge in [0.15, 0.2) is 0 Å². The number of methoxy groups -OCH3 is 1. The number of carbonyl (C=O) groups excluding carboxylic acids is 1. The third-order valence-electron chi connectivity index (χ3n) is 3.69. The van der Waals surface area contributed by atoms with Crippen molar-refractivity contribution in [3.05, 3.63) is 17.7 Å². The molecule has 1 amide bonds. The van der Waals surface area contributed by atoms with E-state index in [0.717, 1.165) is 45.8 Å². The van der Waals surface area contributed by atoms with Crippen molar-refractivity contribution >= 4 is 17.3 Å². The average molecular weight is 308 g/mol. The molecular weight excluding hydrogens is 284 g/mol. The second-order valence-corrected chi connectivity index (χ2v) is 5.24. The molecule has 22 heavy (non-hydrogen) atoms. The summed E-state index contributed by atoms with van der Waals surface area (Å²) in [5, 5.41) is 3.28. The summed E-state index contributed by atoms with van der Waals surface area (Å²) in [5.74, 6) is 0.00374. The Bertz CT molecular complexity index is 516. The summed E-state index contributed by atoms with van der Waals surface area (Å²) in [4.78, 5) is 13.6. The molecule has 7 heteroatoms. The Morgan fingerprint density at radius 1 is 1.41 bits per heavy atom. The Morgan fingerprint density at radius 2 is 2.14 bits per heavy atom. The highest BCUT2D eigenvalue weighted by Crippen LogP contribution is 2.32. The van der Waals surface area contributed by atoms with Crippen LogP contribution in [0.4, 0.5) is 11.4 Å². The Balaban J connectivity index is 1.90. The molecule has 0 bridgehead atoms. The number of nitrogen functional groups attached to an aromatic ring is 1. The zero-order valence-electron chi connectivity index (χ0n) is 12.9. The number of hydrogen-bond acceptors (Lipinski definition) is 6. The normalized spacial score (nSPS) is 15.5. The Labute approximate surface area is 130 Å². The maximum Gasteiger partial charge on any atom is 0.248 e. The number of rotatable bonds is 7. The summed E-state index contributed by atoms with van der Waals surface area (Å²) in [6.45, 7) is 5.37. The molecule has 2 rings (SSSR count). The summed E-state index contributed by atoms with van der Waals surface area (Å²) in [5.41, 5.74) is 12.8. The third kappa shape index (κ3) is 4.25. The van der Waals surface area contributed by atoms with Crippen molar-refractivity contribution in [3.63, 3.8) is 0 Å². The van der Waals surface area contributed by atoms with Crippen LogP contribution in [-0.4, -0.2) is 57.3 Å². The van der Waals surface area contributed by atoms with Crippen molar-refractivity contribution < 1.29 is 14.3 Å². The van der Waals surface area contributed by atoms with E-state index in [1.54, 1.807) is 19.2 Å². The lowest BCUT2D eigenvalue weighted by Crippen LogP contribution is -2.37. The molecule has 1 aliphatic rings. The number of morpholine rings is 1. The van der Waals surface area contributed by atoms with E-state index in [0.29, 0.717) is 22.7 Å². The lowest BCUT2D eigenvalue weighted by molar-refractivity contribution is 0.0378. The van der Waals surface area contributed by atoms with Gasteiger partial charge in [-0.15, -0.1) is 0 Å². The molecule has 0 spiro atoms. The first-order chi connectivity index (χ1) is 10.6. The summed E-state index contributed by atoms with van der Waals surface area (Å²) in [7, 11) is 1.54. The van der Waals surface area contributed by atoms with Gasteiger partial charge < -0.3 is 26.3 Å².